The third kappa shape index (κ3) is 5.59. The predicted octanol–water partition coefficient (Wildman–Crippen LogP) is 5.92. The molecular formula is C30H28N4O4. The van der Waals surface area contributed by atoms with E-state index in [1.54, 1.807) is 13.2 Å². The van der Waals surface area contributed by atoms with Crippen molar-refractivity contribution in [3.05, 3.63) is 102 Å². The molecule has 3 aromatic carbocycles. The van der Waals surface area contributed by atoms with Crippen LogP contribution in [0.1, 0.15) is 29.4 Å². The fourth-order valence-corrected chi connectivity index (χ4v) is 3.96. The van der Waals surface area contributed by atoms with Crippen molar-refractivity contribution >= 4 is 5.91 Å². The molecule has 0 saturated heterocycles. The molecule has 1 amide bonds. The molecule has 0 aliphatic carbocycles. The molecule has 2 aromatic heterocycles. The number of benzene rings is 3. The summed E-state index contributed by atoms with van der Waals surface area (Å²) < 4.78 is 18.1. The topological polar surface area (TPSA) is 91.4 Å². The summed E-state index contributed by atoms with van der Waals surface area (Å²) in [4.78, 5) is 12.9. The first-order valence-electron chi connectivity index (χ1n) is 12.4. The summed E-state index contributed by atoms with van der Waals surface area (Å²) in [5.74, 6) is 1.71. The van der Waals surface area contributed by atoms with Gasteiger partial charge in [0.25, 0.3) is 5.91 Å². The molecular weight excluding hydrogens is 480 g/mol. The average Bonchev–Trinajstić information content (AvgIpc) is 3.64. The van der Waals surface area contributed by atoms with Gasteiger partial charge >= 0.3 is 0 Å². The van der Waals surface area contributed by atoms with Crippen LogP contribution in [0.4, 0.5) is 0 Å². The van der Waals surface area contributed by atoms with E-state index in [0.717, 1.165) is 46.0 Å². The first-order chi connectivity index (χ1) is 18.6. The van der Waals surface area contributed by atoms with E-state index in [9.17, 15) is 4.79 Å². The van der Waals surface area contributed by atoms with Crippen molar-refractivity contribution in [2.24, 2.45) is 0 Å². The van der Waals surface area contributed by atoms with Crippen LogP contribution < -0.4 is 14.8 Å². The Labute approximate surface area is 220 Å². The normalized spacial score (nSPS) is 10.8. The Balaban J connectivity index is 1.35. The summed E-state index contributed by atoms with van der Waals surface area (Å²) in [5.41, 5.74) is 4.49. The summed E-state index contributed by atoms with van der Waals surface area (Å²) in [6, 6.07) is 26.7. The first kappa shape index (κ1) is 24.8. The van der Waals surface area contributed by atoms with Gasteiger partial charge in [0.1, 0.15) is 11.5 Å². The van der Waals surface area contributed by atoms with Crippen molar-refractivity contribution in [2.45, 2.75) is 19.9 Å². The minimum Gasteiger partial charge on any atom is -0.497 e. The highest BCUT2D eigenvalue weighted by Gasteiger charge is 2.17. The van der Waals surface area contributed by atoms with Crippen LogP contribution in [-0.2, 0) is 6.54 Å². The van der Waals surface area contributed by atoms with Crippen molar-refractivity contribution in [3.8, 4) is 39.8 Å². The smallest absolute Gasteiger partial charge is 0.273 e. The number of carbonyl (C=O) groups excluding carboxylic acids is 1. The summed E-state index contributed by atoms with van der Waals surface area (Å²) in [7, 11) is 1.61. The molecule has 0 aliphatic rings. The van der Waals surface area contributed by atoms with Crippen LogP contribution in [0.5, 0.6) is 11.5 Å². The predicted molar refractivity (Wildman–Crippen MR) is 144 cm³/mol. The number of methoxy groups -OCH3 is 1. The second-order valence-corrected chi connectivity index (χ2v) is 8.64. The maximum Gasteiger partial charge on any atom is 0.273 e. The number of aromatic nitrogens is 3. The Hall–Kier alpha value is -4.85. The zero-order valence-electron chi connectivity index (χ0n) is 21.3. The molecule has 2 heterocycles. The van der Waals surface area contributed by atoms with Gasteiger partial charge in [-0.2, -0.15) is 5.10 Å². The number of nitrogens with one attached hydrogen (secondary N) is 1. The van der Waals surface area contributed by atoms with Crippen molar-refractivity contribution in [2.75, 3.05) is 13.7 Å². The first-order valence-corrected chi connectivity index (χ1v) is 12.4. The Bertz CT molecular complexity index is 1490. The lowest BCUT2D eigenvalue weighted by atomic mass is 10.1. The SMILES string of the molecule is CCCOc1ccc(-c2nn(-c3ccccc3)cc2CNC(=O)c2cc(-c3ccc(OC)cc3)on2)cc1. The fraction of sp³-hybridized carbons (Fsp3) is 0.167. The zero-order valence-corrected chi connectivity index (χ0v) is 21.3. The standard InChI is InChI=1S/C30H28N4O4/c1-3-17-37-26-15-11-22(12-16-26)29-23(20-34(32-29)24-7-5-4-6-8-24)19-31-30(35)27-18-28(38-33-27)21-9-13-25(36-2)14-10-21/h4-16,18,20H,3,17,19H2,1-2H3,(H,31,35). The van der Waals surface area contributed by atoms with Crippen molar-refractivity contribution in [3.63, 3.8) is 0 Å². The van der Waals surface area contributed by atoms with Crippen LogP contribution in [0.25, 0.3) is 28.3 Å². The van der Waals surface area contributed by atoms with Crippen LogP contribution in [-0.4, -0.2) is 34.6 Å². The second-order valence-electron chi connectivity index (χ2n) is 8.64. The van der Waals surface area contributed by atoms with Crippen LogP contribution >= 0.6 is 0 Å². The van der Waals surface area contributed by atoms with Crippen LogP contribution in [0.3, 0.4) is 0 Å². The Kier molecular flexibility index (Phi) is 7.49. The highest BCUT2D eigenvalue weighted by atomic mass is 16.5. The number of hydrogen-bond donors (Lipinski definition) is 1. The molecule has 38 heavy (non-hydrogen) atoms. The van der Waals surface area contributed by atoms with E-state index < -0.39 is 0 Å². The molecule has 0 spiro atoms. The Morgan fingerprint density at radius 2 is 1.66 bits per heavy atom. The van der Waals surface area contributed by atoms with Gasteiger partial charge in [0.15, 0.2) is 11.5 Å². The van der Waals surface area contributed by atoms with Gasteiger partial charge in [-0.15, -0.1) is 0 Å². The fourth-order valence-electron chi connectivity index (χ4n) is 3.96. The number of nitrogens with zero attached hydrogens (tertiary/aromatic N) is 3. The highest BCUT2D eigenvalue weighted by molar-refractivity contribution is 5.93. The molecule has 0 bridgehead atoms. The number of rotatable bonds is 10. The average molecular weight is 509 g/mol. The van der Waals surface area contributed by atoms with Crippen molar-refractivity contribution in [1.82, 2.24) is 20.3 Å². The lowest BCUT2D eigenvalue weighted by molar-refractivity contribution is 0.0942. The van der Waals surface area contributed by atoms with E-state index in [0.29, 0.717) is 12.4 Å². The maximum atomic E-state index is 12.9. The second kappa shape index (κ2) is 11.5. The molecule has 0 unspecified atom stereocenters. The van der Waals surface area contributed by atoms with Crippen molar-refractivity contribution < 1.29 is 18.8 Å². The zero-order chi connectivity index (χ0) is 26.3. The minimum atomic E-state index is -0.338. The molecule has 8 heteroatoms. The highest BCUT2D eigenvalue weighted by Crippen LogP contribution is 2.27. The van der Waals surface area contributed by atoms with E-state index in [1.165, 1.54) is 0 Å². The lowest BCUT2D eigenvalue weighted by Crippen LogP contribution is -2.23. The molecule has 0 saturated carbocycles. The number of carbonyl (C=O) groups is 1. The van der Waals surface area contributed by atoms with Crippen LogP contribution in [0.15, 0.2) is 95.6 Å². The van der Waals surface area contributed by atoms with E-state index in [4.69, 9.17) is 19.1 Å². The van der Waals surface area contributed by atoms with Crippen LogP contribution in [0.2, 0.25) is 0 Å². The number of hydrogen-bond acceptors (Lipinski definition) is 6. The third-order valence-electron chi connectivity index (χ3n) is 5.97. The molecule has 0 radical (unpaired) electrons. The van der Waals surface area contributed by atoms with Gasteiger partial charge in [-0.1, -0.05) is 30.3 Å². The summed E-state index contributed by atoms with van der Waals surface area (Å²) in [6.07, 6.45) is 2.87. The molecule has 5 rings (SSSR count). The molecule has 0 fully saturated rings. The number of para-hydroxylation sites is 1. The molecule has 1 N–H and O–H groups in total. The Morgan fingerprint density at radius 1 is 0.947 bits per heavy atom. The third-order valence-corrected chi connectivity index (χ3v) is 5.97. The molecule has 8 nitrogen and oxygen atoms in total. The maximum absolute atomic E-state index is 12.9. The molecule has 5 aromatic rings. The Morgan fingerprint density at radius 3 is 2.37 bits per heavy atom. The summed E-state index contributed by atoms with van der Waals surface area (Å²) >= 11 is 0. The summed E-state index contributed by atoms with van der Waals surface area (Å²) in [5, 5.41) is 11.7. The van der Waals surface area contributed by atoms with E-state index in [2.05, 4.69) is 17.4 Å². The molecule has 0 aliphatic heterocycles. The van der Waals surface area contributed by atoms with Gasteiger partial charge in [-0.25, -0.2) is 4.68 Å². The van der Waals surface area contributed by atoms with E-state index >= 15 is 0 Å². The summed E-state index contributed by atoms with van der Waals surface area (Å²) in [6.45, 7) is 3.01. The van der Waals surface area contributed by atoms with Gasteiger partial charge in [-0.3, -0.25) is 4.79 Å². The molecule has 192 valence electrons. The van der Waals surface area contributed by atoms with Gasteiger partial charge in [-0.05, 0) is 67.1 Å². The number of amides is 1. The monoisotopic (exact) mass is 508 g/mol. The number of ether oxygens (including phenoxy) is 2. The lowest BCUT2D eigenvalue weighted by Gasteiger charge is -2.07. The van der Waals surface area contributed by atoms with E-state index in [1.807, 2.05) is 89.7 Å². The van der Waals surface area contributed by atoms with Crippen LogP contribution in [0, 0.1) is 0 Å². The molecule has 0 atom stereocenters. The quantitative estimate of drug-likeness (QED) is 0.252. The van der Waals surface area contributed by atoms with Crippen molar-refractivity contribution in [1.29, 1.82) is 0 Å². The largest absolute Gasteiger partial charge is 0.497 e. The van der Waals surface area contributed by atoms with Gasteiger partial charge < -0.3 is 19.3 Å². The minimum absolute atomic E-state index is 0.199. The van der Waals surface area contributed by atoms with Gasteiger partial charge in [0.05, 0.1) is 25.1 Å². The van der Waals surface area contributed by atoms with Gasteiger partial charge in [0.2, 0.25) is 0 Å². The van der Waals surface area contributed by atoms with Gasteiger partial charge in [0, 0.05) is 35.5 Å². The van der Waals surface area contributed by atoms with E-state index in [-0.39, 0.29) is 18.1 Å².